The van der Waals surface area contributed by atoms with E-state index in [0.29, 0.717) is 43.8 Å². The molecule has 1 aromatic rings. The summed E-state index contributed by atoms with van der Waals surface area (Å²) in [4.78, 5) is 87.1. The fourth-order valence-electron chi connectivity index (χ4n) is 5.19. The van der Waals surface area contributed by atoms with E-state index in [-0.39, 0.29) is 56.2 Å². The lowest BCUT2D eigenvalue weighted by Gasteiger charge is -2.25. The molecule has 2 atom stereocenters. The van der Waals surface area contributed by atoms with E-state index in [0.717, 1.165) is 29.7 Å². The Morgan fingerprint density at radius 2 is 1.43 bits per heavy atom. The van der Waals surface area contributed by atoms with E-state index in [1.54, 1.807) is 38.1 Å². The summed E-state index contributed by atoms with van der Waals surface area (Å²) in [6, 6.07) is 4.11. The van der Waals surface area contributed by atoms with Crippen LogP contribution in [0.1, 0.15) is 91.0 Å². The summed E-state index contributed by atoms with van der Waals surface area (Å²) >= 11 is 0. The number of nitrogens with one attached hydrogen (secondary N) is 5. The Hall–Kier alpha value is -4.95. The molecule has 0 radical (unpaired) electrons. The summed E-state index contributed by atoms with van der Waals surface area (Å²) in [5.74, 6) is -1.73. The number of carbonyl (C=O) groups is 7. The molecule has 1 heterocycles. The molecule has 2 rings (SSSR count). The Labute approximate surface area is 300 Å². The minimum absolute atomic E-state index is 0.0538. The first-order chi connectivity index (χ1) is 24.3. The molecule has 0 bridgehead atoms. The zero-order chi connectivity index (χ0) is 37.8. The number of imide groups is 1. The molecular weight excluding hydrogens is 658 g/mol. The number of alkyl carbamates (subject to hydrolysis) is 1. The maximum Gasteiger partial charge on any atom is 0.407 e. The van der Waals surface area contributed by atoms with Crippen LogP contribution in [-0.2, 0) is 35.3 Å². The number of urea groups is 1. The van der Waals surface area contributed by atoms with Crippen molar-refractivity contribution in [1.82, 2.24) is 26.2 Å². The number of unbranched alkanes of at least 4 members (excludes halogenated alkanes) is 3. The molecule has 0 aliphatic carbocycles. The molecule has 0 saturated carbocycles. The number of nitrogens with two attached hydrogens (primary N) is 1. The highest BCUT2D eigenvalue weighted by Crippen LogP contribution is 2.14. The Balaban J connectivity index is 1.89. The van der Waals surface area contributed by atoms with Crippen molar-refractivity contribution in [2.24, 2.45) is 17.6 Å². The summed E-state index contributed by atoms with van der Waals surface area (Å²) in [6.45, 7) is 8.94. The number of benzene rings is 1. The van der Waals surface area contributed by atoms with E-state index in [1.807, 2.05) is 0 Å². The number of nitrogens with zero attached hydrogens (tertiary/aromatic N) is 1. The van der Waals surface area contributed by atoms with Crippen molar-refractivity contribution >= 4 is 47.3 Å². The van der Waals surface area contributed by atoms with Crippen LogP contribution in [0.25, 0.3) is 0 Å². The SMILES string of the molecule is CC(C)CCCCNC(=O)OCc1ccc(NC(=O)[C@H](CCCNC(N)=O)NC(=O)[C@@H](NC(=O)CCCCCN2C(=O)C=CC2=O)C(C)C)cc1. The van der Waals surface area contributed by atoms with Crippen LogP contribution in [0.5, 0.6) is 0 Å². The number of primary amides is 1. The van der Waals surface area contributed by atoms with Gasteiger partial charge in [-0.1, -0.05) is 59.1 Å². The summed E-state index contributed by atoms with van der Waals surface area (Å²) in [7, 11) is 0. The molecular formula is C36H55N7O8. The summed E-state index contributed by atoms with van der Waals surface area (Å²) in [6.07, 6.45) is 7.28. The number of ether oxygens (including phenoxy) is 1. The second kappa shape index (κ2) is 22.7. The third-order valence-corrected chi connectivity index (χ3v) is 8.12. The van der Waals surface area contributed by atoms with E-state index in [2.05, 4.69) is 40.4 Å². The predicted molar refractivity (Wildman–Crippen MR) is 192 cm³/mol. The predicted octanol–water partition coefficient (Wildman–Crippen LogP) is 3.24. The van der Waals surface area contributed by atoms with Crippen molar-refractivity contribution in [2.45, 2.75) is 104 Å². The number of anilines is 1. The lowest BCUT2D eigenvalue weighted by Crippen LogP contribution is -2.54. The Kier molecular flexibility index (Phi) is 18.8. The summed E-state index contributed by atoms with van der Waals surface area (Å²) in [5.41, 5.74) is 6.32. The third kappa shape index (κ3) is 17.0. The largest absolute Gasteiger partial charge is 0.445 e. The molecule has 0 unspecified atom stereocenters. The zero-order valence-corrected chi connectivity index (χ0v) is 30.3. The van der Waals surface area contributed by atoms with Gasteiger partial charge in [-0.3, -0.25) is 28.9 Å². The second-order valence-electron chi connectivity index (χ2n) is 13.3. The van der Waals surface area contributed by atoms with Gasteiger partial charge in [-0.05, 0) is 61.6 Å². The molecule has 0 spiro atoms. The van der Waals surface area contributed by atoms with E-state index in [9.17, 15) is 33.6 Å². The minimum Gasteiger partial charge on any atom is -0.445 e. The first kappa shape index (κ1) is 42.2. The van der Waals surface area contributed by atoms with Crippen LogP contribution in [0.3, 0.4) is 0 Å². The number of amides is 8. The van der Waals surface area contributed by atoms with Gasteiger partial charge in [0.15, 0.2) is 0 Å². The number of carbonyl (C=O) groups excluding carboxylic acids is 7. The topological polar surface area (TPSA) is 218 Å². The van der Waals surface area contributed by atoms with Gasteiger partial charge in [-0.15, -0.1) is 0 Å². The van der Waals surface area contributed by atoms with Crippen molar-refractivity contribution in [3.63, 3.8) is 0 Å². The average Bonchev–Trinajstić information content (AvgIpc) is 3.39. The van der Waals surface area contributed by atoms with Gasteiger partial charge in [0.1, 0.15) is 18.7 Å². The number of hydrogen-bond donors (Lipinski definition) is 6. The van der Waals surface area contributed by atoms with Gasteiger partial charge >= 0.3 is 12.1 Å². The third-order valence-electron chi connectivity index (χ3n) is 8.12. The van der Waals surface area contributed by atoms with Gasteiger partial charge in [-0.25, -0.2) is 9.59 Å². The maximum atomic E-state index is 13.4. The Bertz CT molecular complexity index is 1350. The van der Waals surface area contributed by atoms with Crippen LogP contribution in [0.2, 0.25) is 0 Å². The molecule has 7 N–H and O–H groups in total. The first-order valence-corrected chi connectivity index (χ1v) is 17.7. The molecule has 1 aliphatic rings. The molecule has 282 valence electrons. The van der Waals surface area contributed by atoms with Gasteiger partial charge < -0.3 is 37.1 Å². The lowest BCUT2D eigenvalue weighted by molar-refractivity contribution is -0.137. The van der Waals surface area contributed by atoms with Crippen LogP contribution in [0.4, 0.5) is 15.3 Å². The van der Waals surface area contributed by atoms with Crippen molar-refractivity contribution < 1.29 is 38.3 Å². The van der Waals surface area contributed by atoms with Crippen LogP contribution < -0.4 is 32.3 Å². The standard InChI is InChI=1S/C36H55N7O8/c1-24(2)11-7-8-20-39-36(50)51-23-26-14-16-27(17-15-26)40-33(47)28(12-10-21-38-35(37)49)41-34(48)32(25(3)4)42-29(44)13-6-5-9-22-43-30(45)18-19-31(43)46/h14-19,24-25,28,32H,5-13,20-23H2,1-4H3,(H,39,50)(H,40,47)(H,41,48)(H,42,44)(H3,37,38,49)/t28-,32-/m0/s1. The van der Waals surface area contributed by atoms with Gasteiger partial charge in [0.25, 0.3) is 11.8 Å². The van der Waals surface area contributed by atoms with E-state index < -0.39 is 36.0 Å². The molecule has 15 nitrogen and oxygen atoms in total. The van der Waals surface area contributed by atoms with Crippen molar-refractivity contribution in [1.29, 1.82) is 0 Å². The molecule has 0 fully saturated rings. The Morgan fingerprint density at radius 3 is 2.06 bits per heavy atom. The Morgan fingerprint density at radius 1 is 0.765 bits per heavy atom. The fourth-order valence-corrected chi connectivity index (χ4v) is 5.19. The van der Waals surface area contributed by atoms with Crippen LogP contribution >= 0.6 is 0 Å². The number of rotatable bonds is 23. The van der Waals surface area contributed by atoms with Gasteiger partial charge in [0.05, 0.1) is 0 Å². The van der Waals surface area contributed by atoms with Gasteiger partial charge in [0.2, 0.25) is 17.7 Å². The summed E-state index contributed by atoms with van der Waals surface area (Å²) < 4.78 is 5.28. The van der Waals surface area contributed by atoms with E-state index in [4.69, 9.17) is 10.5 Å². The van der Waals surface area contributed by atoms with Gasteiger partial charge in [0, 0.05) is 43.9 Å². The summed E-state index contributed by atoms with van der Waals surface area (Å²) in [5, 5.41) is 13.5. The van der Waals surface area contributed by atoms with Crippen LogP contribution in [0, 0.1) is 11.8 Å². The van der Waals surface area contributed by atoms with Crippen molar-refractivity contribution in [3.8, 4) is 0 Å². The molecule has 1 aromatic carbocycles. The monoisotopic (exact) mass is 713 g/mol. The highest BCUT2D eigenvalue weighted by molar-refractivity contribution is 6.12. The molecule has 0 aromatic heterocycles. The first-order valence-electron chi connectivity index (χ1n) is 17.7. The molecule has 1 aliphatic heterocycles. The quantitative estimate of drug-likeness (QED) is 0.0729. The smallest absolute Gasteiger partial charge is 0.407 e. The molecule has 0 saturated heterocycles. The average molecular weight is 714 g/mol. The highest BCUT2D eigenvalue weighted by atomic mass is 16.5. The normalized spacial score (nSPS) is 13.6. The van der Waals surface area contributed by atoms with Crippen molar-refractivity contribution in [3.05, 3.63) is 42.0 Å². The van der Waals surface area contributed by atoms with E-state index in [1.165, 1.54) is 12.2 Å². The molecule has 8 amide bonds. The maximum absolute atomic E-state index is 13.4. The van der Waals surface area contributed by atoms with E-state index >= 15 is 0 Å². The van der Waals surface area contributed by atoms with Crippen LogP contribution in [0.15, 0.2) is 36.4 Å². The molecule has 51 heavy (non-hydrogen) atoms. The lowest BCUT2D eigenvalue weighted by atomic mass is 10.0. The molecule has 15 heteroatoms. The van der Waals surface area contributed by atoms with Crippen molar-refractivity contribution in [2.75, 3.05) is 25.0 Å². The van der Waals surface area contributed by atoms with Crippen LogP contribution in [-0.4, -0.2) is 78.3 Å². The highest BCUT2D eigenvalue weighted by Gasteiger charge is 2.29. The fraction of sp³-hybridized carbons (Fsp3) is 0.583. The minimum atomic E-state index is -0.997. The second-order valence-corrected chi connectivity index (χ2v) is 13.3. The zero-order valence-electron chi connectivity index (χ0n) is 30.3. The number of hydrogen-bond acceptors (Lipinski definition) is 8. The van der Waals surface area contributed by atoms with Gasteiger partial charge in [-0.2, -0.15) is 0 Å².